The van der Waals surface area contributed by atoms with Crippen LogP contribution in [-0.2, 0) is 22.1 Å². The fourth-order valence-corrected chi connectivity index (χ4v) is 3.04. The standard InChI is InChI=1S/C15H23F3N4O2S/c1-10(7-24-11-4-6-23-8-11)21-14(19-2)20-5-3-13-22-12(9-25-13)15(16,17)18/h9-11H,3-8H2,1-2H3,(H2,19,20,21). The van der Waals surface area contributed by atoms with Crippen molar-refractivity contribution in [3.63, 3.8) is 0 Å². The van der Waals surface area contributed by atoms with Crippen molar-refractivity contribution >= 4 is 17.3 Å². The van der Waals surface area contributed by atoms with E-state index in [9.17, 15) is 13.2 Å². The highest BCUT2D eigenvalue weighted by Crippen LogP contribution is 2.29. The molecule has 0 saturated carbocycles. The lowest BCUT2D eigenvalue weighted by Crippen LogP contribution is -2.45. The molecule has 1 aromatic rings. The molecular formula is C15H23F3N4O2S. The Labute approximate surface area is 148 Å². The molecule has 2 unspecified atom stereocenters. The van der Waals surface area contributed by atoms with Gasteiger partial charge in [-0.3, -0.25) is 4.99 Å². The Morgan fingerprint density at radius 3 is 2.96 bits per heavy atom. The lowest BCUT2D eigenvalue weighted by Gasteiger charge is -2.19. The molecule has 0 bridgehead atoms. The number of rotatable bonds is 7. The molecule has 1 saturated heterocycles. The Kier molecular flexibility index (Phi) is 7.45. The van der Waals surface area contributed by atoms with E-state index in [2.05, 4.69) is 20.6 Å². The Morgan fingerprint density at radius 1 is 1.56 bits per heavy atom. The topological polar surface area (TPSA) is 67.8 Å². The van der Waals surface area contributed by atoms with Crippen LogP contribution in [0.2, 0.25) is 0 Å². The maximum atomic E-state index is 12.5. The summed E-state index contributed by atoms with van der Waals surface area (Å²) in [6, 6.07) is 0.0449. The minimum absolute atomic E-state index is 0.0449. The fraction of sp³-hybridized carbons (Fsp3) is 0.733. The van der Waals surface area contributed by atoms with Gasteiger partial charge in [-0.2, -0.15) is 13.2 Å². The van der Waals surface area contributed by atoms with Crippen LogP contribution in [-0.4, -0.2) is 56.5 Å². The minimum Gasteiger partial charge on any atom is -0.379 e. The summed E-state index contributed by atoms with van der Waals surface area (Å²) in [4.78, 5) is 7.70. The van der Waals surface area contributed by atoms with Crippen LogP contribution in [0.3, 0.4) is 0 Å². The number of ether oxygens (including phenoxy) is 2. The SMILES string of the molecule is CN=C(NCCc1nc(C(F)(F)F)cs1)NC(C)COC1CCOC1. The summed E-state index contributed by atoms with van der Waals surface area (Å²) >= 11 is 1.01. The largest absolute Gasteiger partial charge is 0.434 e. The molecule has 1 aromatic heterocycles. The molecule has 0 spiro atoms. The highest BCUT2D eigenvalue weighted by molar-refractivity contribution is 7.09. The van der Waals surface area contributed by atoms with Crippen molar-refractivity contribution in [1.82, 2.24) is 15.6 Å². The van der Waals surface area contributed by atoms with Gasteiger partial charge in [0.2, 0.25) is 0 Å². The van der Waals surface area contributed by atoms with E-state index in [1.54, 1.807) is 7.05 Å². The first-order valence-electron chi connectivity index (χ1n) is 8.06. The molecule has 2 atom stereocenters. The second-order valence-electron chi connectivity index (χ2n) is 5.74. The average Bonchev–Trinajstić information content (AvgIpc) is 3.23. The maximum Gasteiger partial charge on any atom is 0.434 e. The average molecular weight is 380 g/mol. The smallest absolute Gasteiger partial charge is 0.379 e. The number of aromatic nitrogens is 1. The van der Waals surface area contributed by atoms with E-state index in [4.69, 9.17) is 9.47 Å². The summed E-state index contributed by atoms with van der Waals surface area (Å²) in [5.74, 6) is 0.575. The zero-order chi connectivity index (χ0) is 18.3. The minimum atomic E-state index is -4.39. The quantitative estimate of drug-likeness (QED) is 0.560. The lowest BCUT2D eigenvalue weighted by molar-refractivity contribution is -0.140. The Morgan fingerprint density at radius 2 is 2.36 bits per heavy atom. The first-order valence-corrected chi connectivity index (χ1v) is 8.94. The van der Waals surface area contributed by atoms with Gasteiger partial charge in [0.1, 0.15) is 0 Å². The second kappa shape index (κ2) is 9.35. The number of guanidine groups is 1. The molecule has 1 aliphatic rings. The van der Waals surface area contributed by atoms with Crippen molar-refractivity contribution < 1.29 is 22.6 Å². The van der Waals surface area contributed by atoms with E-state index >= 15 is 0 Å². The molecule has 1 fully saturated rings. The normalized spacial score (nSPS) is 19.9. The molecule has 2 N–H and O–H groups in total. The van der Waals surface area contributed by atoms with Crippen LogP contribution >= 0.6 is 11.3 Å². The van der Waals surface area contributed by atoms with Gasteiger partial charge in [0.15, 0.2) is 11.7 Å². The van der Waals surface area contributed by atoms with Crippen LogP contribution in [0.4, 0.5) is 13.2 Å². The van der Waals surface area contributed by atoms with Crippen LogP contribution in [0, 0.1) is 0 Å². The summed E-state index contributed by atoms with van der Waals surface area (Å²) in [5, 5.41) is 7.73. The van der Waals surface area contributed by atoms with Gasteiger partial charge < -0.3 is 20.1 Å². The second-order valence-corrected chi connectivity index (χ2v) is 6.68. The summed E-state index contributed by atoms with van der Waals surface area (Å²) in [6.45, 7) is 4.31. The molecule has 25 heavy (non-hydrogen) atoms. The van der Waals surface area contributed by atoms with E-state index in [0.717, 1.165) is 29.7 Å². The van der Waals surface area contributed by atoms with Crippen LogP contribution in [0.15, 0.2) is 10.4 Å². The molecule has 0 aliphatic carbocycles. The van der Waals surface area contributed by atoms with Crippen molar-refractivity contribution in [3.8, 4) is 0 Å². The maximum absolute atomic E-state index is 12.5. The summed E-state index contributed by atoms with van der Waals surface area (Å²) in [7, 11) is 1.64. The summed E-state index contributed by atoms with van der Waals surface area (Å²) in [5.41, 5.74) is -0.836. The highest BCUT2D eigenvalue weighted by atomic mass is 32.1. The predicted octanol–water partition coefficient (Wildman–Crippen LogP) is 2.06. The molecule has 0 radical (unpaired) electrons. The number of nitrogens with zero attached hydrogens (tertiary/aromatic N) is 2. The van der Waals surface area contributed by atoms with E-state index in [0.29, 0.717) is 37.1 Å². The van der Waals surface area contributed by atoms with Gasteiger partial charge >= 0.3 is 6.18 Å². The predicted molar refractivity (Wildman–Crippen MR) is 90.0 cm³/mol. The van der Waals surface area contributed by atoms with Crippen molar-refractivity contribution in [1.29, 1.82) is 0 Å². The third-order valence-electron chi connectivity index (χ3n) is 3.55. The van der Waals surface area contributed by atoms with Gasteiger partial charge in [-0.05, 0) is 13.3 Å². The van der Waals surface area contributed by atoms with Crippen LogP contribution in [0.25, 0.3) is 0 Å². The number of halogens is 3. The molecule has 0 amide bonds. The van der Waals surface area contributed by atoms with Crippen molar-refractivity contribution in [2.45, 2.75) is 38.1 Å². The highest BCUT2D eigenvalue weighted by Gasteiger charge is 2.33. The van der Waals surface area contributed by atoms with Gasteiger partial charge in [0.25, 0.3) is 0 Å². The van der Waals surface area contributed by atoms with E-state index < -0.39 is 11.9 Å². The van der Waals surface area contributed by atoms with Gasteiger partial charge in [-0.25, -0.2) is 4.98 Å². The van der Waals surface area contributed by atoms with Crippen molar-refractivity contribution in [3.05, 3.63) is 16.1 Å². The first-order chi connectivity index (χ1) is 11.9. The first kappa shape index (κ1) is 19.9. The Hall–Kier alpha value is -1.39. The van der Waals surface area contributed by atoms with Crippen LogP contribution < -0.4 is 10.6 Å². The number of alkyl halides is 3. The number of aliphatic imine (C=N–C) groups is 1. The van der Waals surface area contributed by atoms with Crippen LogP contribution in [0.5, 0.6) is 0 Å². The van der Waals surface area contributed by atoms with E-state index in [1.807, 2.05) is 6.92 Å². The molecule has 142 valence electrons. The van der Waals surface area contributed by atoms with Gasteiger partial charge in [-0.1, -0.05) is 0 Å². The number of nitrogens with one attached hydrogen (secondary N) is 2. The summed E-state index contributed by atoms with van der Waals surface area (Å²) < 4.78 is 48.5. The monoisotopic (exact) mass is 380 g/mol. The molecule has 10 heteroatoms. The number of hydrogen-bond acceptors (Lipinski definition) is 5. The van der Waals surface area contributed by atoms with E-state index in [-0.39, 0.29) is 12.1 Å². The van der Waals surface area contributed by atoms with Gasteiger partial charge in [-0.15, -0.1) is 11.3 Å². The lowest BCUT2D eigenvalue weighted by atomic mass is 10.3. The Bertz CT molecular complexity index is 559. The van der Waals surface area contributed by atoms with Gasteiger partial charge in [0, 0.05) is 38.0 Å². The summed E-state index contributed by atoms with van der Waals surface area (Å²) in [6.07, 6.45) is -2.94. The van der Waals surface area contributed by atoms with Gasteiger partial charge in [0.05, 0.1) is 24.3 Å². The zero-order valence-corrected chi connectivity index (χ0v) is 15.0. The van der Waals surface area contributed by atoms with Crippen molar-refractivity contribution in [2.75, 3.05) is 33.4 Å². The molecular weight excluding hydrogens is 357 g/mol. The van der Waals surface area contributed by atoms with Crippen molar-refractivity contribution in [2.24, 2.45) is 4.99 Å². The molecule has 6 nitrogen and oxygen atoms in total. The molecule has 2 rings (SSSR count). The fourth-order valence-electron chi connectivity index (χ4n) is 2.24. The van der Waals surface area contributed by atoms with E-state index in [1.165, 1.54) is 0 Å². The Balaban J connectivity index is 1.68. The van der Waals surface area contributed by atoms with Crippen LogP contribution in [0.1, 0.15) is 24.0 Å². The molecule has 2 heterocycles. The number of thiazole rings is 1. The number of hydrogen-bond donors (Lipinski definition) is 2. The third-order valence-corrected chi connectivity index (χ3v) is 4.46. The third kappa shape index (κ3) is 6.79. The molecule has 0 aromatic carbocycles. The zero-order valence-electron chi connectivity index (χ0n) is 14.2. The molecule has 1 aliphatic heterocycles.